The average Bonchev–Trinajstić information content (AvgIpc) is 3.04. The second-order valence-electron chi connectivity index (χ2n) is 9.07. The predicted octanol–water partition coefficient (Wildman–Crippen LogP) is 3.80. The maximum atomic E-state index is 12.8. The Labute approximate surface area is 170 Å². The van der Waals surface area contributed by atoms with Crippen molar-refractivity contribution in [2.45, 2.75) is 64.3 Å². The molecule has 0 spiro atoms. The lowest BCUT2D eigenvalue weighted by Gasteiger charge is -2.39. The molecule has 4 heterocycles. The number of pyridine rings is 1. The van der Waals surface area contributed by atoms with Crippen molar-refractivity contribution >= 4 is 11.7 Å². The highest BCUT2D eigenvalue weighted by Crippen LogP contribution is 2.24. The molecule has 0 aromatic carbocycles. The molecule has 4 rings (SSSR count). The summed E-state index contributed by atoms with van der Waals surface area (Å²) in [5, 5.41) is 0. The zero-order chi connectivity index (χ0) is 19.3. The molecule has 0 radical (unpaired) electrons. The lowest BCUT2D eigenvalue weighted by molar-refractivity contribution is 0.0697. The van der Waals surface area contributed by atoms with Crippen LogP contribution in [0, 0.1) is 5.92 Å². The largest absolute Gasteiger partial charge is 0.355 e. The minimum absolute atomic E-state index is 0.145. The van der Waals surface area contributed by atoms with Gasteiger partial charge in [-0.2, -0.15) is 0 Å². The van der Waals surface area contributed by atoms with E-state index >= 15 is 0 Å². The lowest BCUT2D eigenvalue weighted by Crippen LogP contribution is -2.48. The van der Waals surface area contributed by atoms with Gasteiger partial charge in [0.05, 0.1) is 5.56 Å². The van der Waals surface area contributed by atoms with Gasteiger partial charge in [-0.25, -0.2) is 4.98 Å². The quantitative estimate of drug-likeness (QED) is 0.795. The Balaban J connectivity index is 1.37. The number of hydrogen-bond donors (Lipinski definition) is 0. The van der Waals surface area contributed by atoms with E-state index < -0.39 is 0 Å². The first-order valence-electron chi connectivity index (χ1n) is 11.4. The van der Waals surface area contributed by atoms with Gasteiger partial charge in [0.2, 0.25) is 0 Å². The normalized spacial score (nSPS) is 25.5. The Morgan fingerprint density at radius 3 is 2.36 bits per heavy atom. The summed E-state index contributed by atoms with van der Waals surface area (Å²) in [4.78, 5) is 24.6. The minimum Gasteiger partial charge on any atom is -0.355 e. The van der Waals surface area contributed by atoms with Crippen LogP contribution in [0.1, 0.15) is 68.6 Å². The number of piperidine rings is 2. The molecule has 1 aromatic heterocycles. The molecule has 0 bridgehead atoms. The van der Waals surface area contributed by atoms with Gasteiger partial charge in [-0.15, -0.1) is 0 Å². The van der Waals surface area contributed by atoms with Gasteiger partial charge in [-0.1, -0.05) is 19.8 Å². The van der Waals surface area contributed by atoms with E-state index in [4.69, 9.17) is 4.98 Å². The Morgan fingerprint density at radius 1 is 0.929 bits per heavy atom. The Hall–Kier alpha value is -1.62. The lowest BCUT2D eigenvalue weighted by atomic mass is 9.99. The average molecular weight is 385 g/mol. The molecule has 1 aromatic rings. The number of aromatic nitrogens is 1. The summed E-state index contributed by atoms with van der Waals surface area (Å²) in [7, 11) is 0. The van der Waals surface area contributed by atoms with Crippen LogP contribution in [0.3, 0.4) is 0 Å². The molecule has 3 aliphatic heterocycles. The highest BCUT2D eigenvalue weighted by Gasteiger charge is 2.27. The van der Waals surface area contributed by atoms with Crippen molar-refractivity contribution in [1.82, 2.24) is 14.8 Å². The zero-order valence-corrected chi connectivity index (χ0v) is 17.5. The van der Waals surface area contributed by atoms with Crippen molar-refractivity contribution in [2.24, 2.45) is 5.92 Å². The van der Waals surface area contributed by atoms with Crippen molar-refractivity contribution < 1.29 is 4.79 Å². The standard InChI is InChI=1S/C23H36N4O/c1-19-10-15-26(16-11-19)23(28)20-8-9-22(24-17-20)27-14-6-7-21(18-27)25-12-4-2-3-5-13-25/h8-9,17,19,21H,2-7,10-16,18H2,1H3. The molecule has 3 fully saturated rings. The molecule has 0 saturated carbocycles. The zero-order valence-electron chi connectivity index (χ0n) is 17.5. The molecule has 154 valence electrons. The maximum Gasteiger partial charge on any atom is 0.255 e. The van der Waals surface area contributed by atoms with E-state index in [9.17, 15) is 4.79 Å². The summed E-state index contributed by atoms with van der Waals surface area (Å²) in [6.07, 6.45) is 12.0. The van der Waals surface area contributed by atoms with E-state index in [0.29, 0.717) is 6.04 Å². The molecule has 0 aliphatic carbocycles. The van der Waals surface area contributed by atoms with Crippen LogP contribution >= 0.6 is 0 Å². The fraction of sp³-hybridized carbons (Fsp3) is 0.739. The third-order valence-electron chi connectivity index (χ3n) is 6.94. The Morgan fingerprint density at radius 2 is 1.68 bits per heavy atom. The van der Waals surface area contributed by atoms with Crippen LogP contribution in [0.25, 0.3) is 0 Å². The van der Waals surface area contributed by atoms with Gasteiger partial charge >= 0.3 is 0 Å². The van der Waals surface area contributed by atoms with Crippen LogP contribution in [0.2, 0.25) is 0 Å². The predicted molar refractivity (Wildman–Crippen MR) is 114 cm³/mol. The molecule has 1 amide bonds. The molecule has 0 N–H and O–H groups in total. The molecule has 3 saturated heterocycles. The fourth-order valence-electron chi connectivity index (χ4n) is 5.02. The Kier molecular flexibility index (Phi) is 6.50. The Bertz CT molecular complexity index is 631. The number of carbonyl (C=O) groups excluding carboxylic acids is 1. The van der Waals surface area contributed by atoms with Gasteiger partial charge in [0, 0.05) is 38.4 Å². The van der Waals surface area contributed by atoms with Gasteiger partial charge in [0.15, 0.2) is 0 Å². The molecule has 28 heavy (non-hydrogen) atoms. The van der Waals surface area contributed by atoms with Crippen LogP contribution < -0.4 is 4.90 Å². The van der Waals surface area contributed by atoms with Crippen LogP contribution in [0.15, 0.2) is 18.3 Å². The summed E-state index contributed by atoms with van der Waals surface area (Å²) in [6, 6.07) is 4.70. The van der Waals surface area contributed by atoms with Crippen LogP contribution in [-0.4, -0.2) is 66.0 Å². The van der Waals surface area contributed by atoms with Crippen molar-refractivity contribution in [1.29, 1.82) is 0 Å². The van der Waals surface area contributed by atoms with Gasteiger partial charge in [-0.3, -0.25) is 9.69 Å². The van der Waals surface area contributed by atoms with Crippen molar-refractivity contribution in [3.63, 3.8) is 0 Å². The van der Waals surface area contributed by atoms with E-state index in [1.54, 1.807) is 6.20 Å². The SMILES string of the molecule is CC1CCN(C(=O)c2ccc(N3CCCC(N4CCCCCC4)C3)nc2)CC1. The van der Waals surface area contributed by atoms with Crippen molar-refractivity contribution in [2.75, 3.05) is 44.2 Å². The van der Waals surface area contributed by atoms with Gasteiger partial charge in [0.25, 0.3) is 5.91 Å². The van der Waals surface area contributed by atoms with E-state index in [1.807, 2.05) is 11.0 Å². The molecule has 5 nitrogen and oxygen atoms in total. The third-order valence-corrected chi connectivity index (χ3v) is 6.94. The van der Waals surface area contributed by atoms with E-state index in [2.05, 4.69) is 22.8 Å². The highest BCUT2D eigenvalue weighted by molar-refractivity contribution is 5.94. The third kappa shape index (κ3) is 4.68. The van der Waals surface area contributed by atoms with E-state index in [-0.39, 0.29) is 5.91 Å². The topological polar surface area (TPSA) is 39.7 Å². The molecule has 1 atom stereocenters. The highest BCUT2D eigenvalue weighted by atomic mass is 16.2. The van der Waals surface area contributed by atoms with Gasteiger partial charge in [0.1, 0.15) is 5.82 Å². The number of rotatable bonds is 3. The number of carbonyl (C=O) groups is 1. The number of amides is 1. The molecule has 5 heteroatoms. The smallest absolute Gasteiger partial charge is 0.255 e. The monoisotopic (exact) mass is 384 g/mol. The summed E-state index contributed by atoms with van der Waals surface area (Å²) in [5.74, 6) is 1.91. The molecular formula is C23H36N4O. The summed E-state index contributed by atoms with van der Waals surface area (Å²) in [6.45, 7) is 8.70. The second kappa shape index (κ2) is 9.25. The first-order chi connectivity index (χ1) is 13.7. The van der Waals surface area contributed by atoms with E-state index in [0.717, 1.165) is 56.3 Å². The fourth-order valence-corrected chi connectivity index (χ4v) is 5.02. The minimum atomic E-state index is 0.145. The van der Waals surface area contributed by atoms with Crippen LogP contribution in [0.4, 0.5) is 5.82 Å². The van der Waals surface area contributed by atoms with Crippen LogP contribution in [0.5, 0.6) is 0 Å². The number of likely N-dealkylation sites (tertiary alicyclic amines) is 2. The number of hydrogen-bond acceptors (Lipinski definition) is 4. The van der Waals surface area contributed by atoms with Gasteiger partial charge < -0.3 is 9.80 Å². The van der Waals surface area contributed by atoms with Gasteiger partial charge in [-0.05, 0) is 69.7 Å². The van der Waals surface area contributed by atoms with Crippen molar-refractivity contribution in [3.8, 4) is 0 Å². The summed E-state index contributed by atoms with van der Waals surface area (Å²) < 4.78 is 0. The maximum absolute atomic E-state index is 12.8. The first kappa shape index (κ1) is 19.7. The number of anilines is 1. The summed E-state index contributed by atoms with van der Waals surface area (Å²) >= 11 is 0. The van der Waals surface area contributed by atoms with Crippen LogP contribution in [-0.2, 0) is 0 Å². The first-order valence-corrected chi connectivity index (χ1v) is 11.4. The molecule has 1 unspecified atom stereocenters. The number of nitrogens with zero attached hydrogens (tertiary/aromatic N) is 4. The van der Waals surface area contributed by atoms with E-state index in [1.165, 1.54) is 51.6 Å². The summed E-state index contributed by atoms with van der Waals surface area (Å²) in [5.41, 5.74) is 0.736. The molecule has 3 aliphatic rings. The molecular weight excluding hydrogens is 348 g/mol. The second-order valence-corrected chi connectivity index (χ2v) is 9.07. The van der Waals surface area contributed by atoms with Crippen molar-refractivity contribution in [3.05, 3.63) is 23.9 Å².